The number of carbonyl (C=O) groups is 2. The lowest BCUT2D eigenvalue weighted by Gasteiger charge is -2.17. The lowest BCUT2D eigenvalue weighted by Crippen LogP contribution is -2.28. The topological polar surface area (TPSA) is 71.1 Å². The maximum Gasteiger partial charge on any atom is 0.417 e. The van der Waals surface area contributed by atoms with Crippen LogP contribution in [0, 0.1) is 0 Å². The van der Waals surface area contributed by atoms with E-state index in [1.165, 1.54) is 0 Å². The zero-order chi connectivity index (χ0) is 17.8. The smallest absolute Gasteiger partial charge is 0.342 e. The van der Waals surface area contributed by atoms with Crippen LogP contribution in [-0.4, -0.2) is 23.3 Å². The molecule has 132 valence electrons. The predicted molar refractivity (Wildman–Crippen MR) is 86.8 cm³/mol. The third-order valence-electron chi connectivity index (χ3n) is 4.53. The Kier molecular flexibility index (Phi) is 3.71. The van der Waals surface area contributed by atoms with Gasteiger partial charge in [0.05, 0.1) is 17.8 Å². The van der Waals surface area contributed by atoms with Crippen LogP contribution in [-0.2, 0) is 23.8 Å². The summed E-state index contributed by atoms with van der Waals surface area (Å²) in [6.45, 7) is -0.262. The molecule has 2 amide bonds. The summed E-state index contributed by atoms with van der Waals surface area (Å²) in [5.41, 5.74) is -0.147. The summed E-state index contributed by atoms with van der Waals surface area (Å²) in [4.78, 5) is 28.6. The summed E-state index contributed by atoms with van der Waals surface area (Å²) in [5, 5.41) is 4.70. The van der Waals surface area contributed by atoms with Gasteiger partial charge in [-0.25, -0.2) is 4.98 Å². The average molecular weight is 369 g/mol. The highest BCUT2D eigenvalue weighted by Crippen LogP contribution is 2.46. The number of nitrogens with zero attached hydrogens (tertiary/aromatic N) is 1. The minimum atomic E-state index is -4.59. The molecule has 0 saturated heterocycles. The highest BCUT2D eigenvalue weighted by atomic mass is 32.1. The molecule has 2 aromatic rings. The summed E-state index contributed by atoms with van der Waals surface area (Å²) in [7, 11) is 0. The van der Waals surface area contributed by atoms with Gasteiger partial charge in [0.15, 0.2) is 0 Å². The first-order valence-electron chi connectivity index (χ1n) is 7.99. The largest absolute Gasteiger partial charge is 0.417 e. The quantitative estimate of drug-likeness (QED) is 0.700. The van der Waals surface area contributed by atoms with E-state index in [2.05, 4.69) is 15.6 Å². The number of anilines is 1. The molecule has 2 aromatic heterocycles. The highest BCUT2D eigenvalue weighted by Gasteiger charge is 2.40. The SMILES string of the molecule is O=C1CNC(=O)c2sc3nc4c(c(C(F)(F)F)c3c2N1)CCCCC4. The predicted octanol–water partition coefficient (Wildman–Crippen LogP) is 3.27. The summed E-state index contributed by atoms with van der Waals surface area (Å²) in [5.74, 6) is -1.10. The number of nitrogens with one attached hydrogen (secondary N) is 2. The molecule has 9 heteroatoms. The van der Waals surface area contributed by atoms with Gasteiger partial charge in [0.2, 0.25) is 5.91 Å². The van der Waals surface area contributed by atoms with E-state index in [0.717, 1.165) is 24.2 Å². The molecular weight excluding hydrogens is 355 g/mol. The van der Waals surface area contributed by atoms with Crippen LogP contribution in [0.15, 0.2) is 0 Å². The van der Waals surface area contributed by atoms with Gasteiger partial charge in [-0.2, -0.15) is 13.2 Å². The number of aryl methyl sites for hydroxylation is 1. The van der Waals surface area contributed by atoms with Crippen LogP contribution in [0.4, 0.5) is 18.9 Å². The van der Waals surface area contributed by atoms with E-state index in [1.807, 2.05) is 0 Å². The lowest BCUT2D eigenvalue weighted by atomic mass is 9.97. The van der Waals surface area contributed by atoms with Crippen LogP contribution in [0.2, 0.25) is 0 Å². The van der Waals surface area contributed by atoms with Crippen molar-refractivity contribution in [2.75, 3.05) is 11.9 Å². The summed E-state index contributed by atoms with van der Waals surface area (Å²) >= 11 is 0.895. The number of alkyl halides is 3. The molecule has 0 bridgehead atoms. The minimum absolute atomic E-state index is 0.0631. The van der Waals surface area contributed by atoms with Crippen molar-refractivity contribution < 1.29 is 22.8 Å². The molecule has 25 heavy (non-hydrogen) atoms. The van der Waals surface area contributed by atoms with Crippen molar-refractivity contribution in [1.29, 1.82) is 0 Å². The fourth-order valence-corrected chi connectivity index (χ4v) is 4.55. The van der Waals surface area contributed by atoms with Gasteiger partial charge in [-0.05, 0) is 31.2 Å². The standard InChI is InChI=1S/C16H14F3N3O2S/c17-16(18,19)11-7-4-2-1-3-5-8(7)21-15-10(11)12-13(25-15)14(24)20-6-9(23)22-12/h1-6H2,(H,20,24)(H,22,23). The summed E-state index contributed by atoms with van der Waals surface area (Å²) < 4.78 is 41.8. The number of carbonyl (C=O) groups excluding carboxylic acids is 2. The Bertz CT molecular complexity index is 904. The minimum Gasteiger partial charge on any atom is -0.342 e. The van der Waals surface area contributed by atoms with Crippen molar-refractivity contribution in [2.45, 2.75) is 38.3 Å². The Morgan fingerprint density at radius 2 is 1.84 bits per heavy atom. The van der Waals surface area contributed by atoms with E-state index in [-0.39, 0.29) is 32.9 Å². The molecule has 2 aliphatic rings. The van der Waals surface area contributed by atoms with Gasteiger partial charge in [-0.3, -0.25) is 9.59 Å². The van der Waals surface area contributed by atoms with Crippen molar-refractivity contribution in [2.24, 2.45) is 0 Å². The Morgan fingerprint density at radius 3 is 2.60 bits per heavy atom. The van der Waals surface area contributed by atoms with E-state index in [0.29, 0.717) is 25.0 Å². The second kappa shape index (κ2) is 5.69. The number of rotatable bonds is 0. The fraction of sp³-hybridized carbons (Fsp3) is 0.438. The van der Waals surface area contributed by atoms with Crippen LogP contribution < -0.4 is 10.6 Å². The van der Waals surface area contributed by atoms with Crippen LogP contribution in [0.1, 0.15) is 45.8 Å². The van der Waals surface area contributed by atoms with E-state index in [1.54, 1.807) is 0 Å². The van der Waals surface area contributed by atoms with Gasteiger partial charge in [0, 0.05) is 11.1 Å². The first kappa shape index (κ1) is 16.3. The molecule has 0 aromatic carbocycles. The Balaban J connectivity index is 2.09. The van der Waals surface area contributed by atoms with Gasteiger partial charge in [0.1, 0.15) is 9.71 Å². The van der Waals surface area contributed by atoms with Crippen molar-refractivity contribution in [3.05, 3.63) is 21.7 Å². The van der Waals surface area contributed by atoms with Crippen molar-refractivity contribution in [3.63, 3.8) is 0 Å². The maximum absolute atomic E-state index is 13.9. The molecule has 0 saturated carbocycles. The second-order valence-corrected chi connectivity index (χ2v) is 7.19. The van der Waals surface area contributed by atoms with Gasteiger partial charge in [0.25, 0.3) is 5.91 Å². The van der Waals surface area contributed by atoms with Gasteiger partial charge in [-0.1, -0.05) is 6.42 Å². The first-order valence-corrected chi connectivity index (χ1v) is 8.81. The average Bonchev–Trinajstić information content (AvgIpc) is 2.68. The number of amides is 2. The second-order valence-electron chi connectivity index (χ2n) is 6.19. The van der Waals surface area contributed by atoms with Gasteiger partial charge < -0.3 is 10.6 Å². The van der Waals surface area contributed by atoms with Crippen LogP contribution in [0.5, 0.6) is 0 Å². The molecular formula is C16H14F3N3O2S. The Labute approximate surface area is 144 Å². The van der Waals surface area contributed by atoms with Crippen molar-refractivity contribution >= 4 is 39.1 Å². The van der Waals surface area contributed by atoms with E-state index in [9.17, 15) is 22.8 Å². The van der Waals surface area contributed by atoms with E-state index >= 15 is 0 Å². The first-order chi connectivity index (χ1) is 11.9. The molecule has 0 fully saturated rings. The number of hydrogen-bond donors (Lipinski definition) is 2. The number of aromatic nitrogens is 1. The maximum atomic E-state index is 13.9. The number of hydrogen-bond acceptors (Lipinski definition) is 4. The summed E-state index contributed by atoms with van der Waals surface area (Å²) in [6.07, 6.45) is -1.46. The third-order valence-corrected chi connectivity index (χ3v) is 5.61. The number of fused-ring (bicyclic) bond motifs is 4. The highest BCUT2D eigenvalue weighted by molar-refractivity contribution is 7.21. The number of pyridine rings is 1. The van der Waals surface area contributed by atoms with Crippen LogP contribution in [0.25, 0.3) is 10.2 Å². The van der Waals surface area contributed by atoms with E-state index in [4.69, 9.17) is 0 Å². The van der Waals surface area contributed by atoms with Crippen molar-refractivity contribution in [1.82, 2.24) is 10.3 Å². The van der Waals surface area contributed by atoms with Gasteiger partial charge >= 0.3 is 6.18 Å². The van der Waals surface area contributed by atoms with E-state index < -0.39 is 23.6 Å². The molecule has 4 rings (SSSR count). The van der Waals surface area contributed by atoms with Gasteiger partial charge in [-0.15, -0.1) is 11.3 Å². The molecule has 0 unspecified atom stereocenters. The Hall–Kier alpha value is -2.16. The zero-order valence-corrected chi connectivity index (χ0v) is 13.9. The lowest BCUT2D eigenvalue weighted by molar-refractivity contribution is -0.137. The third kappa shape index (κ3) is 2.66. The number of thiophene rings is 1. The van der Waals surface area contributed by atoms with Crippen molar-refractivity contribution in [3.8, 4) is 0 Å². The molecule has 0 spiro atoms. The zero-order valence-electron chi connectivity index (χ0n) is 13.0. The molecule has 5 nitrogen and oxygen atoms in total. The van der Waals surface area contributed by atoms with Crippen LogP contribution in [0.3, 0.4) is 0 Å². The monoisotopic (exact) mass is 369 g/mol. The van der Waals surface area contributed by atoms with Crippen LogP contribution >= 0.6 is 11.3 Å². The Morgan fingerprint density at radius 1 is 1.08 bits per heavy atom. The summed E-state index contributed by atoms with van der Waals surface area (Å²) in [6, 6.07) is 0. The molecule has 1 aliphatic carbocycles. The molecule has 1 aliphatic heterocycles. The fourth-order valence-electron chi connectivity index (χ4n) is 3.48. The number of halogens is 3. The molecule has 3 heterocycles. The molecule has 0 radical (unpaired) electrons. The molecule has 0 atom stereocenters. The molecule has 2 N–H and O–H groups in total. The normalized spacial score (nSPS) is 18.0.